The zero-order chi connectivity index (χ0) is 14.5. The summed E-state index contributed by atoms with van der Waals surface area (Å²) in [5.74, 6) is -0.339. The molecule has 1 unspecified atom stereocenters. The summed E-state index contributed by atoms with van der Waals surface area (Å²) in [6, 6.07) is 5.86. The summed E-state index contributed by atoms with van der Waals surface area (Å²) < 4.78 is 13.0. The first-order valence-corrected chi connectivity index (χ1v) is 7.02. The molecule has 3 N–H and O–H groups in total. The number of piperidine rings is 1. The summed E-state index contributed by atoms with van der Waals surface area (Å²) in [5.41, 5.74) is 6.13. The number of carbonyl (C=O) groups is 1. The standard InChI is InChI=1S/C14H18FN3OS/c15-11-4-1-5-12(7-11)17-13(19)9-18-6-2-3-10(8-18)14(16)20/h1,4-5,7,10H,2-3,6,8-9H2,(H2,16,20)(H,17,19). The van der Waals surface area contributed by atoms with Gasteiger partial charge in [0.25, 0.3) is 0 Å². The number of halogens is 1. The number of likely N-dealkylation sites (tertiary alicyclic amines) is 1. The maximum absolute atomic E-state index is 13.0. The molecule has 0 aromatic heterocycles. The number of thiocarbonyl (C=S) groups is 1. The monoisotopic (exact) mass is 295 g/mol. The van der Waals surface area contributed by atoms with Crippen molar-refractivity contribution in [2.24, 2.45) is 11.7 Å². The fourth-order valence-corrected chi connectivity index (χ4v) is 2.59. The first kappa shape index (κ1) is 14.9. The van der Waals surface area contributed by atoms with Crippen LogP contribution in [0, 0.1) is 11.7 Å². The lowest BCUT2D eigenvalue weighted by Crippen LogP contribution is -2.43. The summed E-state index contributed by atoms with van der Waals surface area (Å²) in [6.07, 6.45) is 1.96. The van der Waals surface area contributed by atoms with E-state index in [0.717, 1.165) is 19.4 Å². The van der Waals surface area contributed by atoms with Gasteiger partial charge in [-0.25, -0.2) is 4.39 Å². The topological polar surface area (TPSA) is 58.4 Å². The molecule has 20 heavy (non-hydrogen) atoms. The highest BCUT2D eigenvalue weighted by Gasteiger charge is 2.23. The largest absolute Gasteiger partial charge is 0.393 e. The second-order valence-corrected chi connectivity index (χ2v) is 5.51. The lowest BCUT2D eigenvalue weighted by Gasteiger charge is -2.31. The smallest absolute Gasteiger partial charge is 0.238 e. The summed E-state index contributed by atoms with van der Waals surface area (Å²) in [7, 11) is 0. The molecule has 1 aromatic carbocycles. The van der Waals surface area contributed by atoms with Gasteiger partial charge in [0, 0.05) is 18.2 Å². The lowest BCUT2D eigenvalue weighted by molar-refractivity contribution is -0.117. The van der Waals surface area contributed by atoms with E-state index in [1.54, 1.807) is 12.1 Å². The molecule has 0 spiro atoms. The molecule has 4 nitrogen and oxygen atoms in total. The minimum Gasteiger partial charge on any atom is -0.393 e. The molecule has 0 bridgehead atoms. The van der Waals surface area contributed by atoms with Crippen LogP contribution in [0.25, 0.3) is 0 Å². The van der Waals surface area contributed by atoms with Crippen LogP contribution in [0.15, 0.2) is 24.3 Å². The number of rotatable bonds is 4. The van der Waals surface area contributed by atoms with Gasteiger partial charge in [-0.15, -0.1) is 0 Å². The van der Waals surface area contributed by atoms with Crippen LogP contribution in [0.3, 0.4) is 0 Å². The van der Waals surface area contributed by atoms with Crippen molar-refractivity contribution in [2.75, 3.05) is 25.0 Å². The van der Waals surface area contributed by atoms with Crippen molar-refractivity contribution in [3.8, 4) is 0 Å². The van der Waals surface area contributed by atoms with Gasteiger partial charge in [-0.1, -0.05) is 18.3 Å². The zero-order valence-electron chi connectivity index (χ0n) is 11.1. The van der Waals surface area contributed by atoms with Gasteiger partial charge in [-0.3, -0.25) is 9.69 Å². The Morgan fingerprint density at radius 3 is 3.05 bits per heavy atom. The third-order valence-electron chi connectivity index (χ3n) is 3.38. The number of hydrogen-bond donors (Lipinski definition) is 2. The summed E-state index contributed by atoms with van der Waals surface area (Å²) in [4.78, 5) is 14.5. The highest BCUT2D eigenvalue weighted by Crippen LogP contribution is 2.16. The van der Waals surface area contributed by atoms with E-state index in [9.17, 15) is 9.18 Å². The Morgan fingerprint density at radius 2 is 2.35 bits per heavy atom. The van der Waals surface area contributed by atoms with Crippen molar-refractivity contribution in [2.45, 2.75) is 12.8 Å². The molecule has 1 saturated heterocycles. The summed E-state index contributed by atoms with van der Waals surface area (Å²) >= 11 is 5.01. The van der Waals surface area contributed by atoms with Crippen molar-refractivity contribution in [1.29, 1.82) is 0 Å². The van der Waals surface area contributed by atoms with Crippen molar-refractivity contribution < 1.29 is 9.18 Å². The van der Waals surface area contributed by atoms with E-state index in [4.69, 9.17) is 18.0 Å². The zero-order valence-corrected chi connectivity index (χ0v) is 12.0. The molecule has 6 heteroatoms. The molecular formula is C14H18FN3OS. The fraction of sp³-hybridized carbons (Fsp3) is 0.429. The van der Waals surface area contributed by atoms with Gasteiger partial charge in [0.2, 0.25) is 5.91 Å². The summed E-state index contributed by atoms with van der Waals surface area (Å²) in [5, 5.41) is 2.69. The van der Waals surface area contributed by atoms with Crippen molar-refractivity contribution in [3.63, 3.8) is 0 Å². The average molecular weight is 295 g/mol. The first-order chi connectivity index (χ1) is 9.54. The Morgan fingerprint density at radius 1 is 1.55 bits per heavy atom. The Labute approximate surface area is 123 Å². The number of benzene rings is 1. The third-order valence-corrected chi connectivity index (χ3v) is 3.72. The number of hydrogen-bond acceptors (Lipinski definition) is 3. The SMILES string of the molecule is NC(=S)C1CCCN(CC(=O)Nc2cccc(F)c2)C1. The Kier molecular flexibility index (Phi) is 5.03. The van der Waals surface area contributed by atoms with Gasteiger partial charge in [0.1, 0.15) is 5.82 Å². The number of amides is 1. The predicted octanol–water partition coefficient (Wildman–Crippen LogP) is 1.76. The van der Waals surface area contributed by atoms with Crippen LogP contribution in [0.2, 0.25) is 0 Å². The van der Waals surface area contributed by atoms with Gasteiger partial charge < -0.3 is 11.1 Å². The normalized spacial score (nSPS) is 19.6. The van der Waals surface area contributed by atoms with Crippen LogP contribution < -0.4 is 11.1 Å². The minimum atomic E-state index is -0.366. The molecule has 0 aliphatic carbocycles. The van der Waals surface area contributed by atoms with Gasteiger partial charge in [0.05, 0.1) is 11.5 Å². The number of carbonyl (C=O) groups excluding carboxylic acids is 1. The van der Waals surface area contributed by atoms with E-state index in [-0.39, 0.29) is 24.2 Å². The maximum Gasteiger partial charge on any atom is 0.238 e. The van der Waals surface area contributed by atoms with E-state index in [1.165, 1.54) is 12.1 Å². The highest BCUT2D eigenvalue weighted by atomic mass is 32.1. The molecule has 1 atom stereocenters. The Bertz CT molecular complexity index is 509. The Balaban J connectivity index is 1.86. The van der Waals surface area contributed by atoms with Gasteiger partial charge in [0.15, 0.2) is 0 Å². The predicted molar refractivity (Wildman–Crippen MR) is 81.0 cm³/mol. The van der Waals surface area contributed by atoms with Crippen LogP contribution in [0.1, 0.15) is 12.8 Å². The molecule has 1 heterocycles. The second-order valence-electron chi connectivity index (χ2n) is 5.04. The van der Waals surface area contributed by atoms with Crippen LogP contribution in [-0.4, -0.2) is 35.4 Å². The fourth-order valence-electron chi connectivity index (χ4n) is 2.40. The van der Waals surface area contributed by atoms with E-state index in [2.05, 4.69) is 5.32 Å². The second kappa shape index (κ2) is 6.76. The van der Waals surface area contributed by atoms with E-state index in [0.29, 0.717) is 17.2 Å². The number of nitrogens with zero attached hydrogens (tertiary/aromatic N) is 1. The highest BCUT2D eigenvalue weighted by molar-refractivity contribution is 7.80. The van der Waals surface area contributed by atoms with Gasteiger partial charge >= 0.3 is 0 Å². The number of nitrogens with two attached hydrogens (primary N) is 1. The molecule has 1 aliphatic heterocycles. The van der Waals surface area contributed by atoms with Gasteiger partial charge in [-0.2, -0.15) is 0 Å². The molecule has 2 rings (SSSR count). The maximum atomic E-state index is 13.0. The summed E-state index contributed by atoms with van der Waals surface area (Å²) in [6.45, 7) is 1.84. The van der Waals surface area contributed by atoms with Crippen molar-refractivity contribution in [3.05, 3.63) is 30.1 Å². The van der Waals surface area contributed by atoms with E-state index >= 15 is 0 Å². The molecular weight excluding hydrogens is 277 g/mol. The average Bonchev–Trinajstić information content (AvgIpc) is 2.38. The quantitative estimate of drug-likeness (QED) is 0.831. The lowest BCUT2D eigenvalue weighted by atomic mass is 9.98. The first-order valence-electron chi connectivity index (χ1n) is 6.61. The van der Waals surface area contributed by atoms with Crippen LogP contribution in [-0.2, 0) is 4.79 Å². The Hall–Kier alpha value is -1.53. The van der Waals surface area contributed by atoms with Crippen LogP contribution in [0.5, 0.6) is 0 Å². The molecule has 0 radical (unpaired) electrons. The molecule has 1 aromatic rings. The van der Waals surface area contributed by atoms with Crippen LogP contribution in [0.4, 0.5) is 10.1 Å². The number of anilines is 1. The van der Waals surface area contributed by atoms with E-state index < -0.39 is 0 Å². The molecule has 1 fully saturated rings. The molecule has 1 amide bonds. The van der Waals surface area contributed by atoms with E-state index in [1.807, 2.05) is 4.90 Å². The van der Waals surface area contributed by atoms with Gasteiger partial charge in [-0.05, 0) is 37.6 Å². The molecule has 1 aliphatic rings. The number of nitrogens with one attached hydrogen (secondary N) is 1. The van der Waals surface area contributed by atoms with Crippen molar-refractivity contribution >= 4 is 28.8 Å². The third kappa shape index (κ3) is 4.25. The molecule has 0 saturated carbocycles. The minimum absolute atomic E-state index is 0.154. The molecule has 108 valence electrons. The van der Waals surface area contributed by atoms with Crippen LogP contribution >= 0.6 is 12.2 Å². The van der Waals surface area contributed by atoms with Crippen molar-refractivity contribution in [1.82, 2.24) is 4.90 Å².